The molecule has 0 aliphatic carbocycles. The molecule has 0 amide bonds. The van der Waals surface area contributed by atoms with Crippen molar-refractivity contribution in [3.05, 3.63) is 27.7 Å². The lowest BCUT2D eigenvalue weighted by Gasteiger charge is -2.01. The van der Waals surface area contributed by atoms with Gasteiger partial charge in [-0.05, 0) is 15.9 Å². The van der Waals surface area contributed by atoms with E-state index in [2.05, 4.69) is 15.9 Å². The SMILES string of the molecule is O=Cc1c(O)cc(F)c(Br)c1F. The Kier molecular flexibility index (Phi) is 2.42. The number of halogens is 3. The largest absolute Gasteiger partial charge is 0.507 e. The van der Waals surface area contributed by atoms with Crippen LogP contribution in [-0.4, -0.2) is 11.4 Å². The summed E-state index contributed by atoms with van der Waals surface area (Å²) in [6.07, 6.45) is 0.120. The minimum absolute atomic E-state index is 0.120. The average Bonchev–Trinajstić information content (AvgIpc) is 2.01. The van der Waals surface area contributed by atoms with Crippen molar-refractivity contribution in [3.8, 4) is 5.75 Å². The second kappa shape index (κ2) is 3.18. The van der Waals surface area contributed by atoms with Crippen LogP contribution in [0.3, 0.4) is 0 Å². The third-order valence-corrected chi connectivity index (χ3v) is 2.02. The van der Waals surface area contributed by atoms with Crippen molar-refractivity contribution >= 4 is 22.2 Å². The van der Waals surface area contributed by atoms with Crippen LogP contribution >= 0.6 is 15.9 Å². The van der Waals surface area contributed by atoms with Crippen molar-refractivity contribution < 1.29 is 18.7 Å². The first-order valence-electron chi connectivity index (χ1n) is 2.89. The molecule has 0 fully saturated rings. The summed E-state index contributed by atoms with van der Waals surface area (Å²) in [6, 6.07) is 0.664. The number of aromatic hydroxyl groups is 1. The van der Waals surface area contributed by atoms with E-state index >= 15 is 0 Å². The molecule has 0 saturated carbocycles. The van der Waals surface area contributed by atoms with Gasteiger partial charge in [-0.3, -0.25) is 4.79 Å². The zero-order chi connectivity index (χ0) is 9.30. The van der Waals surface area contributed by atoms with Crippen LogP contribution in [0, 0.1) is 11.6 Å². The fourth-order valence-corrected chi connectivity index (χ4v) is 1.04. The molecule has 0 aliphatic heterocycles. The molecular weight excluding hydrogens is 234 g/mol. The summed E-state index contributed by atoms with van der Waals surface area (Å²) in [7, 11) is 0. The van der Waals surface area contributed by atoms with Gasteiger partial charge < -0.3 is 5.11 Å². The second-order valence-electron chi connectivity index (χ2n) is 2.04. The van der Waals surface area contributed by atoms with Gasteiger partial charge in [0.2, 0.25) is 0 Å². The van der Waals surface area contributed by atoms with Crippen molar-refractivity contribution in [2.45, 2.75) is 0 Å². The van der Waals surface area contributed by atoms with Crippen molar-refractivity contribution in [1.29, 1.82) is 0 Å². The lowest BCUT2D eigenvalue weighted by atomic mass is 10.2. The number of rotatable bonds is 1. The van der Waals surface area contributed by atoms with E-state index in [9.17, 15) is 13.6 Å². The third kappa shape index (κ3) is 1.32. The van der Waals surface area contributed by atoms with Gasteiger partial charge in [-0.15, -0.1) is 0 Å². The lowest BCUT2D eigenvalue weighted by molar-refractivity contribution is 0.111. The Balaban J connectivity index is 3.51. The maximum atomic E-state index is 12.8. The Morgan fingerprint density at radius 1 is 1.50 bits per heavy atom. The molecule has 0 radical (unpaired) electrons. The van der Waals surface area contributed by atoms with E-state index in [4.69, 9.17) is 5.11 Å². The lowest BCUT2D eigenvalue weighted by Crippen LogP contribution is -1.93. The maximum absolute atomic E-state index is 12.8. The van der Waals surface area contributed by atoms with Crippen LogP contribution in [0.5, 0.6) is 5.75 Å². The van der Waals surface area contributed by atoms with Gasteiger partial charge in [-0.2, -0.15) is 0 Å². The van der Waals surface area contributed by atoms with Crippen molar-refractivity contribution in [2.24, 2.45) is 0 Å². The van der Waals surface area contributed by atoms with Crippen LogP contribution < -0.4 is 0 Å². The predicted molar refractivity (Wildman–Crippen MR) is 41.1 cm³/mol. The zero-order valence-corrected chi connectivity index (χ0v) is 7.23. The van der Waals surface area contributed by atoms with Crippen LogP contribution in [0.2, 0.25) is 0 Å². The Hall–Kier alpha value is -0.970. The van der Waals surface area contributed by atoms with Crippen molar-refractivity contribution in [2.75, 3.05) is 0 Å². The number of aldehydes is 1. The fraction of sp³-hybridized carbons (Fsp3) is 0. The molecule has 1 aromatic rings. The van der Waals surface area contributed by atoms with E-state index in [1.54, 1.807) is 0 Å². The zero-order valence-electron chi connectivity index (χ0n) is 5.64. The number of carbonyl (C=O) groups excluding carboxylic acids is 1. The third-order valence-electron chi connectivity index (χ3n) is 1.30. The normalized spacial score (nSPS) is 9.92. The van der Waals surface area contributed by atoms with Gasteiger partial charge in [-0.1, -0.05) is 0 Å². The summed E-state index contributed by atoms with van der Waals surface area (Å²) in [5, 5.41) is 8.86. The van der Waals surface area contributed by atoms with Crippen LogP contribution in [0.1, 0.15) is 10.4 Å². The summed E-state index contributed by atoms with van der Waals surface area (Å²) in [5.74, 6) is -2.75. The average molecular weight is 237 g/mol. The highest BCUT2D eigenvalue weighted by Gasteiger charge is 2.15. The molecule has 1 rings (SSSR count). The van der Waals surface area contributed by atoms with E-state index < -0.39 is 27.4 Å². The molecule has 0 heterocycles. The topological polar surface area (TPSA) is 37.3 Å². The highest BCUT2D eigenvalue weighted by atomic mass is 79.9. The number of carbonyl (C=O) groups is 1. The summed E-state index contributed by atoms with van der Waals surface area (Å²) < 4.78 is 25.0. The van der Waals surface area contributed by atoms with E-state index in [0.29, 0.717) is 6.07 Å². The van der Waals surface area contributed by atoms with Gasteiger partial charge in [0.25, 0.3) is 0 Å². The van der Waals surface area contributed by atoms with E-state index in [-0.39, 0.29) is 6.29 Å². The molecule has 0 bridgehead atoms. The molecule has 0 unspecified atom stereocenters. The monoisotopic (exact) mass is 236 g/mol. The van der Waals surface area contributed by atoms with Crippen LogP contribution in [-0.2, 0) is 0 Å². The predicted octanol–water partition coefficient (Wildman–Crippen LogP) is 2.25. The molecule has 64 valence electrons. The molecule has 0 saturated heterocycles. The molecular formula is C7H3BrF2O2. The number of hydrogen-bond donors (Lipinski definition) is 1. The number of hydrogen-bond acceptors (Lipinski definition) is 2. The van der Waals surface area contributed by atoms with Crippen molar-refractivity contribution in [1.82, 2.24) is 0 Å². The second-order valence-corrected chi connectivity index (χ2v) is 2.83. The molecule has 2 nitrogen and oxygen atoms in total. The first-order valence-corrected chi connectivity index (χ1v) is 3.69. The Morgan fingerprint density at radius 3 is 2.58 bits per heavy atom. The Morgan fingerprint density at radius 2 is 2.08 bits per heavy atom. The summed E-state index contributed by atoms with van der Waals surface area (Å²) >= 11 is 2.58. The molecule has 1 aromatic carbocycles. The number of phenolic OH excluding ortho intramolecular Hbond substituents is 1. The van der Waals surface area contributed by atoms with Crippen LogP contribution in [0.15, 0.2) is 10.5 Å². The molecule has 1 N–H and O–H groups in total. The number of phenols is 1. The fourth-order valence-electron chi connectivity index (χ4n) is 0.709. The molecule has 12 heavy (non-hydrogen) atoms. The summed E-state index contributed by atoms with van der Waals surface area (Å²) in [5.41, 5.74) is -0.553. The first kappa shape index (κ1) is 9.12. The van der Waals surface area contributed by atoms with Crippen LogP contribution in [0.25, 0.3) is 0 Å². The number of benzene rings is 1. The van der Waals surface area contributed by atoms with Gasteiger partial charge >= 0.3 is 0 Å². The standard InChI is InChI=1S/C7H3BrF2O2/c8-6-4(9)1-5(12)3(2-11)7(6)10/h1-2,12H. The first-order chi connectivity index (χ1) is 5.57. The van der Waals surface area contributed by atoms with Gasteiger partial charge in [0.05, 0.1) is 10.0 Å². The molecule has 0 aliphatic rings. The van der Waals surface area contributed by atoms with Gasteiger partial charge in [-0.25, -0.2) is 8.78 Å². The van der Waals surface area contributed by atoms with Crippen molar-refractivity contribution in [3.63, 3.8) is 0 Å². The van der Waals surface area contributed by atoms with Gasteiger partial charge in [0.1, 0.15) is 11.6 Å². The summed E-state index contributed by atoms with van der Waals surface area (Å²) in [6.45, 7) is 0. The molecule has 5 heteroatoms. The minimum atomic E-state index is -1.09. The molecule has 0 spiro atoms. The molecule has 0 atom stereocenters. The quantitative estimate of drug-likeness (QED) is 0.600. The highest BCUT2D eigenvalue weighted by Crippen LogP contribution is 2.28. The van der Waals surface area contributed by atoms with E-state index in [1.165, 1.54) is 0 Å². The molecule has 0 aromatic heterocycles. The van der Waals surface area contributed by atoms with Gasteiger partial charge in [0.15, 0.2) is 12.1 Å². The van der Waals surface area contributed by atoms with E-state index in [0.717, 1.165) is 0 Å². The minimum Gasteiger partial charge on any atom is -0.507 e. The summed E-state index contributed by atoms with van der Waals surface area (Å²) in [4.78, 5) is 10.2. The Bertz CT molecular complexity index is 339. The van der Waals surface area contributed by atoms with Crippen LogP contribution in [0.4, 0.5) is 8.78 Å². The smallest absolute Gasteiger partial charge is 0.156 e. The van der Waals surface area contributed by atoms with Gasteiger partial charge in [0, 0.05) is 6.07 Å². The maximum Gasteiger partial charge on any atom is 0.156 e. The highest BCUT2D eigenvalue weighted by molar-refractivity contribution is 9.10. The Labute approximate surface area is 75.0 Å². The van der Waals surface area contributed by atoms with E-state index in [1.807, 2.05) is 0 Å².